The van der Waals surface area contributed by atoms with Gasteiger partial charge in [0, 0.05) is 6.04 Å². The summed E-state index contributed by atoms with van der Waals surface area (Å²) >= 11 is 5.87. The lowest BCUT2D eigenvalue weighted by Gasteiger charge is -2.13. The number of rotatable bonds is 4. The highest BCUT2D eigenvalue weighted by atomic mass is 35.5. The van der Waals surface area contributed by atoms with Gasteiger partial charge in [0.05, 0.1) is 6.33 Å². The first-order chi connectivity index (χ1) is 10.4. The smallest absolute Gasteiger partial charge is 0.312 e. The zero-order valence-corrected chi connectivity index (χ0v) is 12.2. The summed E-state index contributed by atoms with van der Waals surface area (Å²) in [6, 6.07) is 0.298. The maximum Gasteiger partial charge on any atom is 0.402 e. The van der Waals surface area contributed by atoms with Gasteiger partial charge in [-0.15, -0.1) is 0 Å². The van der Waals surface area contributed by atoms with Gasteiger partial charge in [-0.05, 0) is 24.4 Å². The number of fused-ring (bicyclic) bond motifs is 1. The van der Waals surface area contributed by atoms with Crippen LogP contribution < -0.4 is 10.9 Å². The van der Waals surface area contributed by atoms with Crippen molar-refractivity contribution in [3.8, 4) is 0 Å². The summed E-state index contributed by atoms with van der Waals surface area (Å²) in [6.07, 6.45) is 1.65. The molecule has 1 fully saturated rings. The second-order valence-electron chi connectivity index (χ2n) is 5.20. The topological polar surface area (TPSA) is 67.7 Å². The van der Waals surface area contributed by atoms with E-state index in [-0.39, 0.29) is 11.1 Å². The second kappa shape index (κ2) is 5.88. The van der Waals surface area contributed by atoms with Crippen LogP contribution in [0, 0.1) is 0 Å². The van der Waals surface area contributed by atoms with E-state index in [0.29, 0.717) is 17.2 Å². The van der Waals surface area contributed by atoms with Gasteiger partial charge in [-0.3, -0.25) is 0 Å². The molecule has 0 unspecified atom stereocenters. The van der Waals surface area contributed by atoms with E-state index in [4.69, 9.17) is 11.6 Å². The van der Waals surface area contributed by atoms with Crippen LogP contribution in [0.15, 0.2) is 6.33 Å². The average Bonchev–Trinajstić information content (AvgIpc) is 3.04. The first-order valence-electron chi connectivity index (χ1n) is 6.90. The maximum atomic E-state index is 12.2. The van der Waals surface area contributed by atoms with Crippen LogP contribution in [-0.2, 0) is 0 Å². The Morgan fingerprint density at radius 3 is 2.68 bits per heavy atom. The first kappa shape index (κ1) is 15.3. The van der Waals surface area contributed by atoms with Crippen molar-refractivity contribution in [2.45, 2.75) is 37.9 Å². The van der Waals surface area contributed by atoms with Gasteiger partial charge >= 0.3 is 6.18 Å². The molecule has 3 rings (SSSR count). The minimum Gasteiger partial charge on any atom is -0.312 e. The van der Waals surface area contributed by atoms with Crippen molar-refractivity contribution in [1.82, 2.24) is 24.9 Å². The molecule has 1 aliphatic carbocycles. The summed E-state index contributed by atoms with van der Waals surface area (Å²) in [6.45, 7) is -1.19. The molecule has 2 aromatic heterocycles. The number of anilines is 1. The molecule has 2 heterocycles. The van der Waals surface area contributed by atoms with Crippen LogP contribution in [0.1, 0.15) is 31.7 Å². The minimum atomic E-state index is -4.33. The van der Waals surface area contributed by atoms with Crippen molar-refractivity contribution in [3.05, 3.63) is 11.6 Å². The van der Waals surface area contributed by atoms with Gasteiger partial charge in [0.2, 0.25) is 5.28 Å². The highest BCUT2D eigenvalue weighted by Crippen LogP contribution is 2.32. The Kier molecular flexibility index (Phi) is 4.09. The fraction of sp³-hybridized carbons (Fsp3) is 0.583. The van der Waals surface area contributed by atoms with E-state index in [1.165, 1.54) is 0 Å². The van der Waals surface area contributed by atoms with Gasteiger partial charge in [0.15, 0.2) is 17.0 Å². The van der Waals surface area contributed by atoms with Gasteiger partial charge in [0.1, 0.15) is 6.54 Å². The quantitative estimate of drug-likeness (QED) is 0.664. The summed E-state index contributed by atoms with van der Waals surface area (Å²) in [7, 11) is 0. The molecule has 0 amide bonds. The van der Waals surface area contributed by atoms with E-state index in [1.54, 1.807) is 6.33 Å². The number of nitrogens with zero attached hydrogens (tertiary/aromatic N) is 4. The van der Waals surface area contributed by atoms with Crippen molar-refractivity contribution >= 4 is 28.6 Å². The fourth-order valence-corrected chi connectivity index (χ4v) is 2.82. The predicted octanol–water partition coefficient (Wildman–Crippen LogP) is 3.07. The minimum absolute atomic E-state index is 0.0384. The van der Waals surface area contributed by atoms with E-state index < -0.39 is 12.7 Å². The van der Waals surface area contributed by atoms with Crippen molar-refractivity contribution in [2.75, 3.05) is 12.0 Å². The molecular weight excluding hydrogens is 321 g/mol. The number of hydrazine groups is 1. The van der Waals surface area contributed by atoms with E-state index >= 15 is 0 Å². The molecule has 1 saturated carbocycles. The van der Waals surface area contributed by atoms with Crippen LogP contribution in [0.5, 0.6) is 0 Å². The van der Waals surface area contributed by atoms with E-state index in [2.05, 4.69) is 25.8 Å². The third-order valence-electron chi connectivity index (χ3n) is 3.61. The van der Waals surface area contributed by atoms with Crippen LogP contribution in [0.3, 0.4) is 0 Å². The molecule has 0 aliphatic heterocycles. The lowest BCUT2D eigenvalue weighted by Crippen LogP contribution is -2.33. The molecule has 10 heteroatoms. The molecule has 6 nitrogen and oxygen atoms in total. The fourth-order valence-electron chi connectivity index (χ4n) is 2.65. The SMILES string of the molecule is FC(F)(F)CNNc1nc(Cl)nc2c1ncn2C1CCCC1. The zero-order valence-electron chi connectivity index (χ0n) is 11.5. The van der Waals surface area contributed by atoms with Crippen molar-refractivity contribution in [1.29, 1.82) is 0 Å². The van der Waals surface area contributed by atoms with Gasteiger partial charge in [-0.2, -0.15) is 23.1 Å². The highest BCUT2D eigenvalue weighted by Gasteiger charge is 2.27. The van der Waals surface area contributed by atoms with Crippen molar-refractivity contribution in [3.63, 3.8) is 0 Å². The van der Waals surface area contributed by atoms with Crippen molar-refractivity contribution < 1.29 is 13.2 Å². The second-order valence-corrected chi connectivity index (χ2v) is 5.54. The number of halogens is 4. The molecule has 2 N–H and O–H groups in total. The molecule has 1 aliphatic rings. The van der Waals surface area contributed by atoms with Crippen LogP contribution >= 0.6 is 11.6 Å². The Bertz CT molecular complexity index is 665. The summed E-state index contributed by atoms with van der Waals surface area (Å²) < 4.78 is 38.5. The van der Waals surface area contributed by atoms with Gasteiger partial charge in [0.25, 0.3) is 0 Å². The molecule has 0 atom stereocenters. The van der Waals surface area contributed by atoms with Crippen LogP contribution in [0.25, 0.3) is 11.2 Å². The predicted molar refractivity (Wildman–Crippen MR) is 75.5 cm³/mol. The van der Waals surface area contributed by atoms with Crippen LogP contribution in [0.2, 0.25) is 5.28 Å². The normalized spacial score (nSPS) is 16.5. The largest absolute Gasteiger partial charge is 0.402 e. The van der Waals surface area contributed by atoms with Gasteiger partial charge in [-0.1, -0.05) is 12.8 Å². The molecule has 0 bridgehead atoms. The van der Waals surface area contributed by atoms with Crippen molar-refractivity contribution in [2.24, 2.45) is 0 Å². The number of hydrogen-bond donors (Lipinski definition) is 2. The van der Waals surface area contributed by atoms with E-state index in [1.807, 2.05) is 4.57 Å². The average molecular weight is 335 g/mol. The summed E-state index contributed by atoms with van der Waals surface area (Å²) in [4.78, 5) is 12.3. The van der Waals surface area contributed by atoms with Gasteiger partial charge < -0.3 is 9.99 Å². The Morgan fingerprint density at radius 1 is 1.27 bits per heavy atom. The number of alkyl halides is 3. The Morgan fingerprint density at radius 2 is 2.00 bits per heavy atom. The molecule has 0 radical (unpaired) electrons. The molecule has 0 spiro atoms. The first-order valence-corrected chi connectivity index (χ1v) is 7.27. The summed E-state index contributed by atoms with van der Waals surface area (Å²) in [5.41, 5.74) is 5.40. The van der Waals surface area contributed by atoms with Crippen LogP contribution in [-0.4, -0.2) is 32.2 Å². The maximum absolute atomic E-state index is 12.2. The molecule has 22 heavy (non-hydrogen) atoms. The third kappa shape index (κ3) is 3.25. The Hall–Kier alpha value is -1.61. The van der Waals surface area contributed by atoms with Crippen LogP contribution in [0.4, 0.5) is 19.0 Å². The molecule has 0 saturated heterocycles. The third-order valence-corrected chi connectivity index (χ3v) is 3.78. The molecule has 120 valence electrons. The number of nitrogens with one attached hydrogen (secondary N) is 2. The number of imidazole rings is 1. The lowest BCUT2D eigenvalue weighted by molar-refractivity contribution is -0.123. The summed E-state index contributed by atoms with van der Waals surface area (Å²) in [5.74, 6) is 0.135. The standard InChI is InChI=1S/C12H14ClF3N6/c13-11-19-9(21-18-5-12(14,15)16)8-10(20-11)22(6-17-8)7-3-1-2-4-7/h6-7,18H,1-5H2,(H,19,20,21). The Labute approximate surface area is 129 Å². The molecule has 0 aromatic carbocycles. The number of aromatic nitrogens is 4. The monoisotopic (exact) mass is 334 g/mol. The lowest BCUT2D eigenvalue weighted by atomic mass is 10.2. The van der Waals surface area contributed by atoms with E-state index in [9.17, 15) is 13.2 Å². The molecular formula is C12H14ClF3N6. The summed E-state index contributed by atoms with van der Waals surface area (Å²) in [5, 5.41) is -0.0384. The number of hydrogen-bond acceptors (Lipinski definition) is 5. The highest BCUT2D eigenvalue weighted by molar-refractivity contribution is 6.28. The Balaban J connectivity index is 1.87. The zero-order chi connectivity index (χ0) is 15.7. The van der Waals surface area contributed by atoms with Gasteiger partial charge in [-0.25, -0.2) is 10.4 Å². The molecule has 2 aromatic rings. The van der Waals surface area contributed by atoms with E-state index in [0.717, 1.165) is 25.7 Å².